The number of carbonyl (C=O) groups is 3. The summed E-state index contributed by atoms with van der Waals surface area (Å²) < 4.78 is 81.8. The summed E-state index contributed by atoms with van der Waals surface area (Å²) in [6.07, 6.45) is -10.3. The molecule has 0 aromatic carbocycles. The monoisotopic (exact) mass is 434 g/mol. The molecule has 0 rings (SSSR count). The maximum absolute atomic E-state index is 13.2. The van der Waals surface area contributed by atoms with Gasteiger partial charge < -0.3 is 15.4 Å². The number of hydrogen-bond acceptors (Lipinski definition) is 4. The Balaban J connectivity index is 5.37. The number of nitrogens with one attached hydrogen (secondary N) is 2. The van der Waals surface area contributed by atoms with E-state index in [-0.39, 0.29) is 0 Å². The maximum atomic E-state index is 13.2. The van der Waals surface area contributed by atoms with Crippen LogP contribution in [0.4, 0.5) is 26.3 Å². The van der Waals surface area contributed by atoms with Crippen LogP contribution in [0, 0.1) is 11.8 Å². The molecule has 2 N–H and O–H groups in total. The van der Waals surface area contributed by atoms with Gasteiger partial charge in [-0.15, -0.1) is 0 Å². The number of esters is 1. The largest absolute Gasteiger partial charge is 0.458 e. The third-order valence-corrected chi connectivity index (χ3v) is 3.42. The molecular formula is C17H24F6N2O4. The predicted molar refractivity (Wildman–Crippen MR) is 90.4 cm³/mol. The van der Waals surface area contributed by atoms with Crippen LogP contribution in [-0.2, 0) is 19.1 Å². The topological polar surface area (TPSA) is 84.5 Å². The zero-order chi connectivity index (χ0) is 23.4. The molecule has 168 valence electrons. The average molecular weight is 434 g/mol. The molecular weight excluding hydrogens is 410 g/mol. The number of hydrogen-bond donors (Lipinski definition) is 2. The Morgan fingerprint density at radius 2 is 1.48 bits per heavy atom. The first kappa shape index (κ1) is 26.7. The fourth-order valence-electron chi connectivity index (χ4n) is 1.90. The van der Waals surface area contributed by atoms with Crippen molar-refractivity contribution in [3.63, 3.8) is 0 Å². The van der Waals surface area contributed by atoms with Gasteiger partial charge in [-0.3, -0.25) is 9.59 Å². The molecule has 0 aliphatic heterocycles. The third kappa shape index (κ3) is 9.18. The average Bonchev–Trinajstić information content (AvgIpc) is 2.47. The zero-order valence-electron chi connectivity index (χ0n) is 16.5. The summed E-state index contributed by atoms with van der Waals surface area (Å²) in [6.45, 7) is 8.45. The van der Waals surface area contributed by atoms with Crippen molar-refractivity contribution in [2.75, 3.05) is 6.54 Å². The molecule has 0 spiro atoms. The lowest BCUT2D eigenvalue weighted by molar-refractivity contribution is -0.184. The van der Waals surface area contributed by atoms with Crippen molar-refractivity contribution in [1.82, 2.24) is 10.6 Å². The van der Waals surface area contributed by atoms with E-state index in [1.807, 2.05) is 5.32 Å². The summed E-state index contributed by atoms with van der Waals surface area (Å²) in [6, 6.07) is -1.44. The van der Waals surface area contributed by atoms with Crippen LogP contribution in [0.3, 0.4) is 0 Å². The Kier molecular flexibility index (Phi) is 8.74. The van der Waals surface area contributed by atoms with Crippen molar-refractivity contribution in [1.29, 1.82) is 0 Å². The van der Waals surface area contributed by atoms with Crippen molar-refractivity contribution < 1.29 is 45.5 Å². The van der Waals surface area contributed by atoms with Crippen LogP contribution in [0.1, 0.15) is 34.6 Å². The van der Waals surface area contributed by atoms with Gasteiger partial charge in [0.15, 0.2) is 5.92 Å². The smallest absolute Gasteiger partial charge is 0.421 e. The zero-order valence-corrected chi connectivity index (χ0v) is 16.5. The summed E-state index contributed by atoms with van der Waals surface area (Å²) >= 11 is 0. The highest BCUT2D eigenvalue weighted by molar-refractivity contribution is 5.94. The van der Waals surface area contributed by atoms with Crippen LogP contribution < -0.4 is 10.6 Å². The number of carbonyl (C=O) groups excluding carboxylic acids is 3. The second kappa shape index (κ2) is 9.49. The van der Waals surface area contributed by atoms with E-state index in [9.17, 15) is 40.7 Å². The Bertz CT molecular complexity index is 635. The van der Waals surface area contributed by atoms with Crippen LogP contribution in [0.15, 0.2) is 12.2 Å². The second-order valence-electron chi connectivity index (χ2n) is 7.54. The minimum Gasteiger partial charge on any atom is -0.458 e. The predicted octanol–water partition coefficient (Wildman–Crippen LogP) is 2.88. The van der Waals surface area contributed by atoms with Gasteiger partial charge in [0, 0.05) is 6.54 Å². The van der Waals surface area contributed by atoms with Crippen molar-refractivity contribution in [3.8, 4) is 0 Å². The molecule has 0 aromatic heterocycles. The highest BCUT2D eigenvalue weighted by atomic mass is 19.4. The fourth-order valence-corrected chi connectivity index (χ4v) is 1.90. The minimum atomic E-state index is -5.20. The van der Waals surface area contributed by atoms with Crippen molar-refractivity contribution in [2.24, 2.45) is 11.8 Å². The molecule has 2 amide bonds. The molecule has 0 radical (unpaired) electrons. The number of alkyl halides is 6. The number of rotatable bonds is 7. The molecule has 0 aromatic rings. The first-order valence-electron chi connectivity index (χ1n) is 8.41. The number of ether oxygens (including phenoxy) is 1. The number of halogens is 6. The lowest BCUT2D eigenvalue weighted by Gasteiger charge is -2.28. The van der Waals surface area contributed by atoms with Crippen molar-refractivity contribution in [3.05, 3.63) is 12.2 Å². The SMILES string of the molecule is C=C(C(=O)NC[C@@H](C(=O)N[C@H](C(=O)OC(C)(C)C)C(C)C)C(F)(F)F)C(F)(F)F. The highest BCUT2D eigenvalue weighted by Gasteiger charge is 2.47. The summed E-state index contributed by atoms with van der Waals surface area (Å²) in [7, 11) is 0. The Morgan fingerprint density at radius 1 is 1.00 bits per heavy atom. The van der Waals surface area contributed by atoms with Gasteiger partial charge in [0.05, 0.1) is 0 Å². The number of amides is 2. The van der Waals surface area contributed by atoms with Crippen LogP contribution in [-0.4, -0.2) is 48.3 Å². The highest BCUT2D eigenvalue weighted by Crippen LogP contribution is 2.28. The van der Waals surface area contributed by atoms with E-state index >= 15 is 0 Å². The second-order valence-corrected chi connectivity index (χ2v) is 7.54. The lowest BCUT2D eigenvalue weighted by Crippen LogP contribution is -2.53. The molecule has 0 heterocycles. The van der Waals surface area contributed by atoms with E-state index in [0.717, 1.165) is 0 Å². The molecule has 0 saturated carbocycles. The van der Waals surface area contributed by atoms with Crippen LogP contribution in [0.2, 0.25) is 0 Å². The van der Waals surface area contributed by atoms with Crippen LogP contribution >= 0.6 is 0 Å². The van der Waals surface area contributed by atoms with Gasteiger partial charge in [0.25, 0.3) is 5.91 Å². The van der Waals surface area contributed by atoms with Crippen molar-refractivity contribution in [2.45, 2.75) is 58.6 Å². The summed E-state index contributed by atoms with van der Waals surface area (Å²) in [5.74, 6) is -8.11. The molecule has 2 atom stereocenters. The molecule has 0 unspecified atom stereocenters. The van der Waals surface area contributed by atoms with E-state index in [2.05, 4.69) is 6.58 Å². The summed E-state index contributed by atoms with van der Waals surface area (Å²) in [5.41, 5.74) is -2.88. The van der Waals surface area contributed by atoms with Gasteiger partial charge in [0.1, 0.15) is 17.2 Å². The van der Waals surface area contributed by atoms with E-state index in [1.54, 1.807) is 0 Å². The lowest BCUT2D eigenvalue weighted by atomic mass is 10.0. The van der Waals surface area contributed by atoms with Crippen LogP contribution in [0.25, 0.3) is 0 Å². The van der Waals surface area contributed by atoms with Gasteiger partial charge in [-0.2, -0.15) is 26.3 Å². The van der Waals surface area contributed by atoms with Gasteiger partial charge >= 0.3 is 18.3 Å². The van der Waals surface area contributed by atoms with E-state index in [4.69, 9.17) is 4.74 Å². The summed E-state index contributed by atoms with van der Waals surface area (Å²) in [5, 5.41) is 3.29. The van der Waals surface area contributed by atoms with E-state index < -0.39 is 65.7 Å². The van der Waals surface area contributed by atoms with Gasteiger partial charge in [-0.1, -0.05) is 20.4 Å². The minimum absolute atomic E-state index is 0.651. The Hall–Kier alpha value is -2.27. The summed E-state index contributed by atoms with van der Waals surface area (Å²) in [4.78, 5) is 35.6. The molecule has 29 heavy (non-hydrogen) atoms. The molecule has 6 nitrogen and oxygen atoms in total. The van der Waals surface area contributed by atoms with Gasteiger partial charge in [0.2, 0.25) is 5.91 Å². The van der Waals surface area contributed by atoms with Crippen LogP contribution in [0.5, 0.6) is 0 Å². The standard InChI is InChI=1S/C17H24F6N2O4/c1-8(2)11(14(28)29-15(4,5)6)25-13(27)10(17(21,22)23)7-24-12(26)9(3)16(18,19)20/h8,10-11H,3,7H2,1-2,4-6H3,(H,24,26)(H,25,27)/t10-,11-/m0/s1. The van der Waals surface area contributed by atoms with Crippen molar-refractivity contribution >= 4 is 17.8 Å². The van der Waals surface area contributed by atoms with E-state index in [0.29, 0.717) is 0 Å². The quantitative estimate of drug-likeness (QED) is 0.367. The first-order valence-corrected chi connectivity index (χ1v) is 8.41. The first-order chi connectivity index (χ1) is 12.8. The molecule has 0 aliphatic rings. The molecule has 12 heteroatoms. The molecule has 0 aliphatic carbocycles. The maximum Gasteiger partial charge on any atom is 0.421 e. The molecule has 0 bridgehead atoms. The van der Waals surface area contributed by atoms with Gasteiger partial charge in [-0.25, -0.2) is 4.79 Å². The molecule has 0 fully saturated rings. The third-order valence-electron chi connectivity index (χ3n) is 3.42. The van der Waals surface area contributed by atoms with Gasteiger partial charge in [-0.05, 0) is 26.7 Å². The Labute approximate surface area is 164 Å². The fraction of sp³-hybridized carbons (Fsp3) is 0.706. The normalized spacial score (nSPS) is 14.8. The van der Waals surface area contributed by atoms with E-state index in [1.165, 1.54) is 39.9 Å². The Morgan fingerprint density at radius 3 is 1.83 bits per heavy atom. The molecule has 0 saturated heterocycles.